The van der Waals surface area contributed by atoms with Gasteiger partial charge in [0.1, 0.15) is 0 Å². The number of carbonyl (C=O) groups is 1. The Bertz CT molecular complexity index is 370. The first-order valence-electron chi connectivity index (χ1n) is 4.60. The molecule has 1 aromatic rings. The first-order chi connectivity index (χ1) is 6.72. The normalized spacial score (nSPS) is 15.3. The van der Waals surface area contributed by atoms with Gasteiger partial charge in [-0.05, 0) is 42.5 Å². The molecule has 0 radical (unpaired) electrons. The Morgan fingerprint density at radius 3 is 2.79 bits per heavy atom. The van der Waals surface area contributed by atoms with Crippen molar-refractivity contribution in [2.45, 2.75) is 18.8 Å². The van der Waals surface area contributed by atoms with Gasteiger partial charge in [-0.1, -0.05) is 11.6 Å². The highest BCUT2D eigenvalue weighted by molar-refractivity contribution is 6.31. The highest BCUT2D eigenvalue weighted by Crippen LogP contribution is 2.43. The molecular formula is C11H11ClO2. The minimum atomic E-state index is -0.302. The van der Waals surface area contributed by atoms with Gasteiger partial charge in [0.15, 0.2) is 0 Å². The van der Waals surface area contributed by atoms with Crippen molar-refractivity contribution in [1.82, 2.24) is 0 Å². The van der Waals surface area contributed by atoms with E-state index in [4.69, 9.17) is 11.6 Å². The van der Waals surface area contributed by atoms with Crippen LogP contribution in [0.25, 0.3) is 0 Å². The summed E-state index contributed by atoms with van der Waals surface area (Å²) in [5, 5.41) is 0.750. The van der Waals surface area contributed by atoms with Crippen molar-refractivity contribution in [1.29, 1.82) is 0 Å². The van der Waals surface area contributed by atoms with E-state index in [1.165, 1.54) is 20.0 Å². The van der Waals surface area contributed by atoms with Crippen LogP contribution in [0.4, 0.5) is 0 Å². The second-order valence-corrected chi connectivity index (χ2v) is 3.91. The second-order valence-electron chi connectivity index (χ2n) is 3.50. The molecule has 0 spiro atoms. The Morgan fingerprint density at radius 1 is 1.50 bits per heavy atom. The standard InChI is InChI=1S/C11H11ClO2/c1-14-11(13)8-4-5-10(12)9(6-8)7-2-3-7/h4-7H,2-3H2,1H3. The van der Waals surface area contributed by atoms with Gasteiger partial charge in [0.05, 0.1) is 12.7 Å². The minimum Gasteiger partial charge on any atom is -0.465 e. The summed E-state index contributed by atoms with van der Waals surface area (Å²) in [6.07, 6.45) is 2.34. The summed E-state index contributed by atoms with van der Waals surface area (Å²) in [5.74, 6) is 0.246. The van der Waals surface area contributed by atoms with Crippen molar-refractivity contribution in [3.8, 4) is 0 Å². The molecule has 74 valence electrons. The van der Waals surface area contributed by atoms with Crippen LogP contribution < -0.4 is 0 Å². The molecule has 1 fully saturated rings. The number of methoxy groups -OCH3 is 1. The van der Waals surface area contributed by atoms with Crippen LogP contribution in [0.5, 0.6) is 0 Å². The van der Waals surface area contributed by atoms with E-state index in [0.29, 0.717) is 11.5 Å². The summed E-state index contributed by atoms with van der Waals surface area (Å²) in [5.41, 5.74) is 1.66. The van der Waals surface area contributed by atoms with Crippen molar-refractivity contribution >= 4 is 17.6 Å². The zero-order chi connectivity index (χ0) is 10.1. The van der Waals surface area contributed by atoms with Crippen LogP contribution >= 0.6 is 11.6 Å². The molecule has 1 aliphatic carbocycles. The van der Waals surface area contributed by atoms with Crippen LogP contribution in [0, 0.1) is 0 Å². The number of halogens is 1. The van der Waals surface area contributed by atoms with Crippen LogP contribution in [0.1, 0.15) is 34.7 Å². The molecule has 0 atom stereocenters. The molecule has 2 nitrogen and oxygen atoms in total. The molecule has 1 aliphatic rings. The monoisotopic (exact) mass is 210 g/mol. The smallest absolute Gasteiger partial charge is 0.337 e. The molecule has 0 heterocycles. The van der Waals surface area contributed by atoms with E-state index >= 15 is 0 Å². The maximum Gasteiger partial charge on any atom is 0.337 e. The zero-order valence-electron chi connectivity index (χ0n) is 7.92. The van der Waals surface area contributed by atoms with Gasteiger partial charge in [-0.2, -0.15) is 0 Å². The summed E-state index contributed by atoms with van der Waals surface area (Å²) in [6.45, 7) is 0. The largest absolute Gasteiger partial charge is 0.465 e. The van der Waals surface area contributed by atoms with Crippen molar-refractivity contribution in [3.63, 3.8) is 0 Å². The second kappa shape index (κ2) is 3.62. The van der Waals surface area contributed by atoms with Gasteiger partial charge in [-0.25, -0.2) is 4.79 Å². The average molecular weight is 211 g/mol. The molecule has 0 aliphatic heterocycles. The Balaban J connectivity index is 2.35. The first kappa shape index (κ1) is 9.53. The lowest BCUT2D eigenvalue weighted by atomic mass is 10.1. The molecule has 0 aromatic heterocycles. The van der Waals surface area contributed by atoms with E-state index in [0.717, 1.165) is 10.6 Å². The lowest BCUT2D eigenvalue weighted by Gasteiger charge is -2.04. The molecule has 1 saturated carbocycles. The number of hydrogen-bond donors (Lipinski definition) is 0. The SMILES string of the molecule is COC(=O)c1ccc(Cl)c(C2CC2)c1. The highest BCUT2D eigenvalue weighted by atomic mass is 35.5. The predicted molar refractivity (Wildman–Crippen MR) is 54.8 cm³/mol. The third-order valence-electron chi connectivity index (χ3n) is 2.43. The van der Waals surface area contributed by atoms with Gasteiger partial charge < -0.3 is 4.74 Å². The minimum absolute atomic E-state index is 0.302. The van der Waals surface area contributed by atoms with Crippen molar-refractivity contribution in [3.05, 3.63) is 34.3 Å². The van der Waals surface area contributed by atoms with E-state index < -0.39 is 0 Å². The molecular weight excluding hydrogens is 200 g/mol. The molecule has 0 saturated heterocycles. The molecule has 14 heavy (non-hydrogen) atoms. The first-order valence-corrected chi connectivity index (χ1v) is 4.98. The van der Waals surface area contributed by atoms with Gasteiger partial charge in [0.25, 0.3) is 0 Å². The maximum atomic E-state index is 11.3. The zero-order valence-corrected chi connectivity index (χ0v) is 8.67. The van der Waals surface area contributed by atoms with E-state index in [2.05, 4.69) is 4.74 Å². The molecule has 2 rings (SSSR count). The Labute approximate surface area is 87.8 Å². The molecule has 0 amide bonds. The summed E-state index contributed by atoms with van der Waals surface area (Å²) in [6, 6.07) is 5.30. The Morgan fingerprint density at radius 2 is 2.21 bits per heavy atom. The third-order valence-corrected chi connectivity index (χ3v) is 2.78. The van der Waals surface area contributed by atoms with Crippen molar-refractivity contribution in [2.24, 2.45) is 0 Å². The van der Waals surface area contributed by atoms with Gasteiger partial charge in [0, 0.05) is 5.02 Å². The number of esters is 1. The third kappa shape index (κ3) is 1.75. The molecule has 1 aromatic carbocycles. The fourth-order valence-electron chi connectivity index (χ4n) is 1.50. The van der Waals surface area contributed by atoms with Crippen LogP contribution in [-0.2, 0) is 4.74 Å². The maximum absolute atomic E-state index is 11.3. The van der Waals surface area contributed by atoms with Crippen LogP contribution in [0.15, 0.2) is 18.2 Å². The molecule has 0 N–H and O–H groups in total. The number of carbonyl (C=O) groups excluding carboxylic acids is 1. The predicted octanol–water partition coefficient (Wildman–Crippen LogP) is 3.00. The van der Waals surface area contributed by atoms with Crippen molar-refractivity contribution < 1.29 is 9.53 Å². The Kier molecular flexibility index (Phi) is 2.46. The van der Waals surface area contributed by atoms with Gasteiger partial charge in [0.2, 0.25) is 0 Å². The van der Waals surface area contributed by atoms with Crippen LogP contribution in [0.2, 0.25) is 5.02 Å². The summed E-state index contributed by atoms with van der Waals surface area (Å²) >= 11 is 6.03. The molecule has 0 bridgehead atoms. The molecule has 0 unspecified atom stereocenters. The summed E-state index contributed by atoms with van der Waals surface area (Å²) in [4.78, 5) is 11.3. The lowest BCUT2D eigenvalue weighted by Crippen LogP contribution is -2.01. The summed E-state index contributed by atoms with van der Waals surface area (Å²) < 4.78 is 4.65. The van der Waals surface area contributed by atoms with Gasteiger partial charge in [-0.3, -0.25) is 0 Å². The fraction of sp³-hybridized carbons (Fsp3) is 0.364. The number of benzene rings is 1. The van der Waals surface area contributed by atoms with E-state index in [1.54, 1.807) is 12.1 Å². The lowest BCUT2D eigenvalue weighted by molar-refractivity contribution is 0.0600. The quantitative estimate of drug-likeness (QED) is 0.702. The van der Waals surface area contributed by atoms with Crippen molar-refractivity contribution in [2.75, 3.05) is 7.11 Å². The van der Waals surface area contributed by atoms with Crippen LogP contribution in [0.3, 0.4) is 0 Å². The molecule has 3 heteroatoms. The van der Waals surface area contributed by atoms with E-state index in [-0.39, 0.29) is 5.97 Å². The average Bonchev–Trinajstić information content (AvgIpc) is 3.01. The fourth-order valence-corrected chi connectivity index (χ4v) is 1.77. The van der Waals surface area contributed by atoms with Crippen LogP contribution in [-0.4, -0.2) is 13.1 Å². The highest BCUT2D eigenvalue weighted by Gasteiger charge is 2.26. The van der Waals surface area contributed by atoms with E-state index in [9.17, 15) is 4.79 Å². The number of hydrogen-bond acceptors (Lipinski definition) is 2. The number of rotatable bonds is 2. The van der Waals surface area contributed by atoms with Gasteiger partial charge in [-0.15, -0.1) is 0 Å². The van der Waals surface area contributed by atoms with Gasteiger partial charge >= 0.3 is 5.97 Å². The summed E-state index contributed by atoms with van der Waals surface area (Å²) in [7, 11) is 1.38. The van der Waals surface area contributed by atoms with E-state index in [1.807, 2.05) is 6.07 Å². The topological polar surface area (TPSA) is 26.3 Å². The number of ether oxygens (including phenoxy) is 1. The Hall–Kier alpha value is -1.02.